The maximum absolute atomic E-state index is 15.3. The molecule has 0 radical (unpaired) electrons. The number of unbranched alkanes of at least 4 members (excludes halogenated alkanes) is 2. The third-order valence-electron chi connectivity index (χ3n) is 12.5. The number of nitro groups is 1. The molecule has 66 heavy (non-hydrogen) atoms. The number of nitrogens with zero attached hydrogens (tertiary/aromatic N) is 4. The van der Waals surface area contributed by atoms with Gasteiger partial charge in [-0.25, -0.2) is 4.39 Å². The van der Waals surface area contributed by atoms with Gasteiger partial charge in [0.15, 0.2) is 0 Å². The zero-order valence-corrected chi connectivity index (χ0v) is 37.6. The maximum atomic E-state index is 15.3. The number of hydrogen-bond acceptors (Lipinski definition) is 11. The molecule has 3 aliphatic rings. The van der Waals surface area contributed by atoms with Gasteiger partial charge in [-0.15, -0.1) is 6.58 Å². The summed E-state index contributed by atoms with van der Waals surface area (Å²) in [6, 6.07) is 25.0. The zero-order chi connectivity index (χ0) is 47.0. The number of carbonyl (C=O) groups is 1. The van der Waals surface area contributed by atoms with Crippen LogP contribution in [0.3, 0.4) is 0 Å². The van der Waals surface area contributed by atoms with Crippen molar-refractivity contribution < 1.29 is 43.4 Å². The topological polar surface area (TPSA) is 177 Å². The smallest absolute Gasteiger partial charge is 0.273 e. The third kappa shape index (κ3) is 10.5. The van der Waals surface area contributed by atoms with E-state index in [-0.39, 0.29) is 67.9 Å². The summed E-state index contributed by atoms with van der Waals surface area (Å²) in [5.41, 5.74) is 2.76. The lowest BCUT2D eigenvalue weighted by molar-refractivity contribution is -0.384. The second-order valence-electron chi connectivity index (χ2n) is 18.1. The van der Waals surface area contributed by atoms with Crippen molar-refractivity contribution in [1.82, 2.24) is 4.90 Å². The monoisotopic (exact) mass is 900 g/mol. The highest BCUT2D eigenvalue weighted by Gasteiger charge is 2.65. The minimum Gasteiger partial charge on any atom is -0.459 e. The number of amides is 1. The molecule has 0 spiro atoms. The SMILES string of the molecule is C=CCOC12Oc3ccc(Oc4cccc([N+](=O)[O-])c4)cc3C3C(CCCCO)C(CCCCO)C=C(C(=NOC(C)(C)C)CC1N(Cc1ccc(F)cc1)C(=O)c1ccc(C#N)cc1)C32. The van der Waals surface area contributed by atoms with E-state index in [0.717, 1.165) is 24.0 Å². The van der Waals surface area contributed by atoms with Gasteiger partial charge in [0.2, 0.25) is 5.79 Å². The summed E-state index contributed by atoms with van der Waals surface area (Å²) in [5.74, 6) is -2.39. The highest BCUT2D eigenvalue weighted by atomic mass is 19.1. The van der Waals surface area contributed by atoms with Gasteiger partial charge in [0, 0.05) is 49.3 Å². The molecule has 0 aromatic heterocycles. The van der Waals surface area contributed by atoms with E-state index in [1.807, 2.05) is 26.8 Å². The molecule has 346 valence electrons. The number of fused-ring (bicyclic) bond motifs is 2. The number of carbonyl (C=O) groups excluding carboxylic acids is 1. The van der Waals surface area contributed by atoms with Crippen LogP contribution in [0.2, 0.25) is 0 Å². The summed E-state index contributed by atoms with van der Waals surface area (Å²) in [7, 11) is 0. The van der Waals surface area contributed by atoms with Gasteiger partial charge in [-0.1, -0.05) is 48.3 Å². The molecule has 4 aromatic rings. The highest BCUT2D eigenvalue weighted by Crippen LogP contribution is 2.62. The molecule has 1 fully saturated rings. The molecule has 0 saturated heterocycles. The fraction of sp³-hybridized carbons (Fsp3) is 0.404. The first-order valence-electron chi connectivity index (χ1n) is 22.5. The Balaban J connectivity index is 1.49. The molecule has 0 bridgehead atoms. The number of allylic oxidation sites excluding steroid dienone is 1. The number of aliphatic hydroxyl groups excluding tert-OH is 2. The fourth-order valence-electron chi connectivity index (χ4n) is 9.66. The van der Waals surface area contributed by atoms with E-state index in [4.69, 9.17) is 24.2 Å². The molecular formula is C52H57FN4O9. The highest BCUT2D eigenvalue weighted by molar-refractivity contribution is 6.03. The van der Waals surface area contributed by atoms with Crippen LogP contribution in [0.15, 0.2) is 120 Å². The Labute approximate surface area is 384 Å². The van der Waals surface area contributed by atoms with Crippen LogP contribution >= 0.6 is 0 Å². The molecule has 1 amide bonds. The third-order valence-corrected chi connectivity index (χ3v) is 12.5. The number of benzene rings is 4. The van der Waals surface area contributed by atoms with Crippen LogP contribution < -0.4 is 9.47 Å². The van der Waals surface area contributed by atoms with Crippen LogP contribution in [-0.4, -0.2) is 68.9 Å². The standard InChI is InChI=1S/C52H57FN4O9/c1-5-27-63-52-47(56(33-35-17-21-38(53)22-18-35)50(60)36-19-15-34(32-54)16-20-36)31-45(55-66-51(2,3)4)43-28-37(11-6-8-25-58)42(14-7-9-26-59)48(49(43)52)44-30-41(23-24-46(44)65-52)64-40-13-10-12-39(29-40)57(61)62/h5,10,12-13,15-24,28-30,37,42,47-49,58-59H,1,6-9,11,14,25-27,31,33H2,2-4H3. The molecule has 4 aromatic carbocycles. The van der Waals surface area contributed by atoms with Crippen LogP contribution in [0.5, 0.6) is 17.2 Å². The Morgan fingerprint density at radius 2 is 1.73 bits per heavy atom. The maximum Gasteiger partial charge on any atom is 0.273 e. The van der Waals surface area contributed by atoms with Crippen molar-refractivity contribution in [1.29, 1.82) is 5.26 Å². The Morgan fingerprint density at radius 1 is 1.02 bits per heavy atom. The molecule has 1 saturated carbocycles. The molecule has 7 rings (SSSR count). The van der Waals surface area contributed by atoms with Gasteiger partial charge in [-0.05, 0) is 130 Å². The number of halogens is 1. The van der Waals surface area contributed by atoms with E-state index in [9.17, 15) is 30.0 Å². The molecule has 14 heteroatoms. The lowest BCUT2D eigenvalue weighted by Gasteiger charge is -2.60. The van der Waals surface area contributed by atoms with E-state index in [0.29, 0.717) is 59.6 Å². The van der Waals surface area contributed by atoms with E-state index in [2.05, 4.69) is 18.7 Å². The number of hydrogen-bond donors (Lipinski definition) is 2. The molecule has 6 atom stereocenters. The minimum absolute atomic E-state index is 0.0166. The second-order valence-corrected chi connectivity index (χ2v) is 18.1. The van der Waals surface area contributed by atoms with E-state index in [1.165, 1.54) is 24.3 Å². The number of rotatable bonds is 19. The Hall–Kier alpha value is -6.40. The first kappa shape index (κ1) is 47.6. The van der Waals surface area contributed by atoms with Crippen molar-refractivity contribution in [3.05, 3.63) is 153 Å². The van der Waals surface area contributed by atoms with Gasteiger partial charge in [0.05, 0.1) is 40.9 Å². The molecule has 6 unspecified atom stereocenters. The van der Waals surface area contributed by atoms with E-state index >= 15 is 4.79 Å². The number of nitriles is 1. The fourth-order valence-corrected chi connectivity index (χ4v) is 9.66. The Bertz CT molecular complexity index is 2480. The molecule has 2 aliphatic carbocycles. The van der Waals surface area contributed by atoms with Crippen molar-refractivity contribution in [3.63, 3.8) is 0 Å². The Kier molecular flexibility index (Phi) is 15.0. The van der Waals surface area contributed by atoms with Crippen molar-refractivity contribution in [2.24, 2.45) is 22.9 Å². The number of oxime groups is 1. The van der Waals surface area contributed by atoms with Crippen molar-refractivity contribution in [2.75, 3.05) is 19.8 Å². The summed E-state index contributed by atoms with van der Waals surface area (Å²) in [5, 5.41) is 46.2. The lowest BCUT2D eigenvalue weighted by Crippen LogP contribution is -2.70. The quantitative estimate of drug-likeness (QED) is 0.0398. The summed E-state index contributed by atoms with van der Waals surface area (Å²) in [6.07, 6.45) is 8.07. The summed E-state index contributed by atoms with van der Waals surface area (Å²) in [6.45, 7) is 9.84. The first-order valence-corrected chi connectivity index (χ1v) is 22.5. The molecule has 13 nitrogen and oxygen atoms in total. The van der Waals surface area contributed by atoms with E-state index < -0.39 is 34.1 Å². The Morgan fingerprint density at radius 3 is 2.39 bits per heavy atom. The van der Waals surface area contributed by atoms with Gasteiger partial charge < -0.3 is 34.2 Å². The molecule has 1 aliphatic heterocycles. The van der Waals surface area contributed by atoms with Gasteiger partial charge in [-0.3, -0.25) is 14.9 Å². The van der Waals surface area contributed by atoms with Gasteiger partial charge in [-0.2, -0.15) is 5.26 Å². The second kappa shape index (κ2) is 20.8. The van der Waals surface area contributed by atoms with Crippen LogP contribution in [0.25, 0.3) is 0 Å². The molecular weight excluding hydrogens is 844 g/mol. The predicted octanol–water partition coefficient (Wildman–Crippen LogP) is 10.2. The van der Waals surface area contributed by atoms with Gasteiger partial charge in [0.25, 0.3) is 11.6 Å². The largest absolute Gasteiger partial charge is 0.459 e. The van der Waals surface area contributed by atoms with E-state index in [1.54, 1.807) is 71.6 Å². The zero-order valence-electron chi connectivity index (χ0n) is 37.6. The first-order chi connectivity index (χ1) is 31.8. The number of nitro benzene ring substituents is 1. The average molecular weight is 901 g/mol. The van der Waals surface area contributed by atoms with Crippen LogP contribution in [-0.2, 0) is 16.1 Å². The van der Waals surface area contributed by atoms with Crippen LogP contribution in [0.1, 0.15) is 98.7 Å². The minimum atomic E-state index is -1.60. The summed E-state index contributed by atoms with van der Waals surface area (Å²) < 4.78 is 35.2. The summed E-state index contributed by atoms with van der Waals surface area (Å²) in [4.78, 5) is 34.5. The number of aliphatic hydroxyl groups is 2. The number of ether oxygens (including phenoxy) is 3. The normalized spacial score (nSPS) is 22.5. The lowest BCUT2D eigenvalue weighted by atomic mass is 9.55. The number of non-ortho nitro benzene ring substituents is 1. The molecule has 1 heterocycles. The summed E-state index contributed by atoms with van der Waals surface area (Å²) >= 11 is 0. The van der Waals surface area contributed by atoms with Crippen LogP contribution in [0, 0.1) is 45.0 Å². The van der Waals surface area contributed by atoms with Crippen molar-refractivity contribution in [3.8, 4) is 23.3 Å². The van der Waals surface area contributed by atoms with Crippen molar-refractivity contribution >= 4 is 17.3 Å². The van der Waals surface area contributed by atoms with Crippen LogP contribution in [0.4, 0.5) is 10.1 Å². The average Bonchev–Trinajstić information content (AvgIpc) is 3.31. The van der Waals surface area contributed by atoms with Gasteiger partial charge >= 0.3 is 0 Å². The molecule has 2 N–H and O–H groups in total. The van der Waals surface area contributed by atoms with Crippen molar-refractivity contribution in [2.45, 2.75) is 95.6 Å². The van der Waals surface area contributed by atoms with Gasteiger partial charge in [0.1, 0.15) is 34.7 Å². The predicted molar refractivity (Wildman–Crippen MR) is 246 cm³/mol.